The van der Waals surface area contributed by atoms with Gasteiger partial charge in [-0.05, 0) is 43.2 Å². The Morgan fingerprint density at radius 2 is 1.89 bits per heavy atom. The predicted molar refractivity (Wildman–Crippen MR) is 107 cm³/mol. The zero-order valence-electron chi connectivity index (χ0n) is 15.2. The molecule has 0 aliphatic heterocycles. The van der Waals surface area contributed by atoms with Crippen LogP contribution in [0.4, 0.5) is 5.13 Å². The second-order valence-corrected chi connectivity index (χ2v) is 7.29. The first kappa shape index (κ1) is 18.8. The van der Waals surface area contributed by atoms with Gasteiger partial charge in [-0.2, -0.15) is 0 Å². The van der Waals surface area contributed by atoms with Gasteiger partial charge in [0.1, 0.15) is 11.4 Å². The van der Waals surface area contributed by atoms with Gasteiger partial charge in [0.15, 0.2) is 5.13 Å². The van der Waals surface area contributed by atoms with Crippen LogP contribution in [-0.4, -0.2) is 27.8 Å². The largest absolute Gasteiger partial charge is 0.375 e. The number of nitrogen functional groups attached to an aromatic ring is 1. The molecule has 3 rings (SSSR count). The number of carbonyl (C=O) groups excluding carboxylic acids is 2. The number of hydrogen-bond donors (Lipinski definition) is 3. The summed E-state index contributed by atoms with van der Waals surface area (Å²) in [6.07, 6.45) is 0.821. The normalized spacial score (nSPS) is 11.9. The summed E-state index contributed by atoms with van der Waals surface area (Å²) < 4.78 is 0.973. The van der Waals surface area contributed by atoms with Crippen LogP contribution in [0.25, 0.3) is 10.2 Å². The summed E-state index contributed by atoms with van der Waals surface area (Å²) >= 11 is 1.41. The standard InChI is InChI=1S/C19H21N5O2S/c1-3-11(2)22-18(26)15-6-4-5-14(23-15)17(25)21-10-12-7-8-13-16(9-12)27-19(20)24-13/h4-9,11H,3,10H2,1-2H3,(H2,20,24)(H,21,25)(H,22,26)/t11-/m1/s1. The minimum Gasteiger partial charge on any atom is -0.375 e. The van der Waals surface area contributed by atoms with E-state index in [9.17, 15) is 9.59 Å². The van der Waals surface area contributed by atoms with E-state index in [1.165, 1.54) is 11.3 Å². The van der Waals surface area contributed by atoms with Gasteiger partial charge < -0.3 is 16.4 Å². The molecule has 2 aromatic heterocycles. The molecule has 1 aromatic carbocycles. The Morgan fingerprint density at radius 1 is 1.15 bits per heavy atom. The number of nitrogens with one attached hydrogen (secondary N) is 2. The van der Waals surface area contributed by atoms with E-state index in [1.54, 1.807) is 18.2 Å². The molecule has 0 unspecified atom stereocenters. The summed E-state index contributed by atoms with van der Waals surface area (Å²) in [6, 6.07) is 10.6. The Labute approximate surface area is 161 Å². The van der Waals surface area contributed by atoms with Gasteiger partial charge in [0.05, 0.1) is 10.2 Å². The van der Waals surface area contributed by atoms with Gasteiger partial charge in [0.2, 0.25) is 0 Å². The molecule has 0 aliphatic rings. The van der Waals surface area contributed by atoms with Crippen LogP contribution in [-0.2, 0) is 6.54 Å². The average Bonchev–Trinajstić information content (AvgIpc) is 3.05. The second-order valence-electron chi connectivity index (χ2n) is 6.23. The van der Waals surface area contributed by atoms with E-state index < -0.39 is 0 Å². The van der Waals surface area contributed by atoms with Crippen molar-refractivity contribution in [3.8, 4) is 0 Å². The van der Waals surface area contributed by atoms with E-state index in [0.717, 1.165) is 22.2 Å². The maximum absolute atomic E-state index is 12.4. The van der Waals surface area contributed by atoms with Crippen LogP contribution in [0.1, 0.15) is 46.8 Å². The van der Waals surface area contributed by atoms with Crippen LogP contribution in [0.2, 0.25) is 0 Å². The highest BCUT2D eigenvalue weighted by molar-refractivity contribution is 7.22. The highest BCUT2D eigenvalue weighted by Gasteiger charge is 2.13. The Morgan fingerprint density at radius 3 is 2.63 bits per heavy atom. The molecule has 7 nitrogen and oxygen atoms in total. The first-order chi connectivity index (χ1) is 13.0. The summed E-state index contributed by atoms with van der Waals surface area (Å²) in [6.45, 7) is 4.25. The smallest absolute Gasteiger partial charge is 0.270 e. The third kappa shape index (κ3) is 4.59. The lowest BCUT2D eigenvalue weighted by Crippen LogP contribution is -2.33. The van der Waals surface area contributed by atoms with Crippen molar-refractivity contribution < 1.29 is 9.59 Å². The molecule has 140 valence electrons. The Hall–Kier alpha value is -3.00. The lowest BCUT2D eigenvalue weighted by molar-refractivity contribution is 0.0933. The molecular weight excluding hydrogens is 362 g/mol. The van der Waals surface area contributed by atoms with E-state index >= 15 is 0 Å². The maximum atomic E-state index is 12.4. The molecule has 3 aromatic rings. The molecule has 0 radical (unpaired) electrons. The summed E-state index contributed by atoms with van der Waals surface area (Å²) in [5.41, 5.74) is 7.92. The number of nitrogens with two attached hydrogens (primary N) is 1. The van der Waals surface area contributed by atoms with E-state index in [1.807, 2.05) is 32.0 Å². The van der Waals surface area contributed by atoms with Gasteiger partial charge in [-0.25, -0.2) is 9.97 Å². The topological polar surface area (TPSA) is 110 Å². The number of thiazole rings is 1. The Bertz CT molecular complexity index is 985. The van der Waals surface area contributed by atoms with Crippen molar-refractivity contribution in [3.05, 3.63) is 53.3 Å². The molecule has 0 spiro atoms. The van der Waals surface area contributed by atoms with Gasteiger partial charge in [0.25, 0.3) is 11.8 Å². The summed E-state index contributed by atoms with van der Waals surface area (Å²) in [4.78, 5) is 33.0. The van der Waals surface area contributed by atoms with E-state index in [0.29, 0.717) is 11.7 Å². The SMILES string of the molecule is CC[C@@H](C)NC(=O)c1cccc(C(=O)NCc2ccc3nc(N)sc3c2)n1. The molecule has 1 atom stereocenters. The minimum atomic E-state index is -0.336. The summed E-state index contributed by atoms with van der Waals surface area (Å²) in [5.74, 6) is -0.621. The second kappa shape index (κ2) is 8.13. The van der Waals surface area contributed by atoms with Crippen molar-refractivity contribution in [1.29, 1.82) is 0 Å². The van der Waals surface area contributed by atoms with Gasteiger partial charge >= 0.3 is 0 Å². The van der Waals surface area contributed by atoms with Crippen molar-refractivity contribution in [3.63, 3.8) is 0 Å². The molecule has 4 N–H and O–H groups in total. The summed E-state index contributed by atoms with van der Waals surface area (Å²) in [7, 11) is 0. The monoisotopic (exact) mass is 383 g/mol. The quantitative estimate of drug-likeness (QED) is 0.606. The highest BCUT2D eigenvalue weighted by atomic mass is 32.1. The van der Waals surface area contributed by atoms with Crippen molar-refractivity contribution >= 4 is 38.5 Å². The van der Waals surface area contributed by atoms with Crippen molar-refractivity contribution in [2.45, 2.75) is 32.9 Å². The third-order valence-corrected chi connectivity index (χ3v) is 4.97. The van der Waals surface area contributed by atoms with Crippen LogP contribution in [0.15, 0.2) is 36.4 Å². The summed E-state index contributed by atoms with van der Waals surface area (Å²) in [5, 5.41) is 6.18. The number of pyridine rings is 1. The van der Waals surface area contributed by atoms with Crippen LogP contribution in [0.3, 0.4) is 0 Å². The number of carbonyl (C=O) groups is 2. The van der Waals surface area contributed by atoms with Crippen molar-refractivity contribution in [2.75, 3.05) is 5.73 Å². The number of fused-ring (bicyclic) bond motifs is 1. The number of amides is 2. The number of anilines is 1. The number of benzene rings is 1. The molecule has 0 saturated heterocycles. The fourth-order valence-electron chi connectivity index (χ4n) is 2.46. The first-order valence-corrected chi connectivity index (χ1v) is 9.49. The molecule has 2 amide bonds. The van der Waals surface area contributed by atoms with Crippen LogP contribution >= 0.6 is 11.3 Å². The molecule has 0 aliphatic carbocycles. The lowest BCUT2D eigenvalue weighted by atomic mass is 10.2. The van der Waals surface area contributed by atoms with Crippen LogP contribution in [0.5, 0.6) is 0 Å². The molecule has 2 heterocycles. The number of hydrogen-bond acceptors (Lipinski definition) is 6. The van der Waals surface area contributed by atoms with Gasteiger partial charge in [-0.1, -0.05) is 30.4 Å². The molecule has 0 bridgehead atoms. The van der Waals surface area contributed by atoms with Crippen LogP contribution in [0, 0.1) is 0 Å². The zero-order chi connectivity index (χ0) is 19.4. The molecule has 0 fully saturated rings. The van der Waals surface area contributed by atoms with E-state index in [4.69, 9.17) is 5.73 Å². The van der Waals surface area contributed by atoms with Gasteiger partial charge in [0, 0.05) is 12.6 Å². The third-order valence-electron chi connectivity index (χ3n) is 4.13. The Balaban J connectivity index is 1.66. The minimum absolute atomic E-state index is 0.0486. The lowest BCUT2D eigenvalue weighted by Gasteiger charge is -2.11. The first-order valence-electron chi connectivity index (χ1n) is 8.67. The zero-order valence-corrected chi connectivity index (χ0v) is 16.0. The molecule has 8 heteroatoms. The van der Waals surface area contributed by atoms with Crippen LogP contribution < -0.4 is 16.4 Å². The van der Waals surface area contributed by atoms with Crippen molar-refractivity contribution in [1.82, 2.24) is 20.6 Å². The van der Waals surface area contributed by atoms with Gasteiger partial charge in [-0.3, -0.25) is 9.59 Å². The maximum Gasteiger partial charge on any atom is 0.270 e. The fourth-order valence-corrected chi connectivity index (χ4v) is 3.25. The number of aromatic nitrogens is 2. The van der Waals surface area contributed by atoms with Crippen molar-refractivity contribution in [2.24, 2.45) is 0 Å². The van der Waals surface area contributed by atoms with E-state index in [-0.39, 0.29) is 29.2 Å². The molecular formula is C19H21N5O2S. The predicted octanol–water partition coefficient (Wildman–Crippen LogP) is 2.73. The number of rotatable bonds is 6. The fraction of sp³-hybridized carbons (Fsp3) is 0.263. The van der Waals surface area contributed by atoms with Gasteiger partial charge in [-0.15, -0.1) is 0 Å². The Kier molecular flexibility index (Phi) is 5.66. The highest BCUT2D eigenvalue weighted by Crippen LogP contribution is 2.24. The average molecular weight is 383 g/mol. The number of nitrogens with zero attached hydrogens (tertiary/aromatic N) is 2. The molecule has 27 heavy (non-hydrogen) atoms. The molecule has 0 saturated carbocycles. The van der Waals surface area contributed by atoms with E-state index in [2.05, 4.69) is 20.6 Å².